The topological polar surface area (TPSA) is 64.9 Å². The van der Waals surface area contributed by atoms with Gasteiger partial charge in [0.2, 0.25) is 0 Å². The van der Waals surface area contributed by atoms with Crippen LogP contribution in [-0.2, 0) is 5.41 Å². The molecule has 24 heavy (non-hydrogen) atoms. The third kappa shape index (κ3) is 2.34. The van der Waals surface area contributed by atoms with Crippen molar-refractivity contribution in [2.75, 3.05) is 5.73 Å². The second-order valence-corrected chi connectivity index (χ2v) is 6.28. The first kappa shape index (κ1) is 15.1. The lowest BCUT2D eigenvalue weighted by Gasteiger charge is -2.14. The third-order valence-corrected chi connectivity index (χ3v) is 4.54. The molecule has 122 valence electrons. The van der Waals surface area contributed by atoms with Crippen LogP contribution < -0.4 is 5.73 Å². The number of aromatic nitrogens is 2. The first-order valence-electron chi connectivity index (χ1n) is 7.35. The number of rotatable bonds is 3. The van der Waals surface area contributed by atoms with E-state index in [-0.39, 0.29) is 22.4 Å². The SMILES string of the molecule is Nc1cc(F)c(C2(c3noc(-c4ccc(F)cc4)n3)CC2)c(Cl)c1. The van der Waals surface area contributed by atoms with Crippen LogP contribution in [0.5, 0.6) is 0 Å². The molecule has 4 nitrogen and oxygen atoms in total. The molecule has 7 heteroatoms. The minimum absolute atomic E-state index is 0.248. The molecule has 0 radical (unpaired) electrons. The van der Waals surface area contributed by atoms with Gasteiger partial charge in [-0.1, -0.05) is 16.8 Å². The van der Waals surface area contributed by atoms with Crippen LogP contribution in [0.15, 0.2) is 40.9 Å². The van der Waals surface area contributed by atoms with Crippen molar-refractivity contribution in [2.24, 2.45) is 0 Å². The highest BCUT2D eigenvalue weighted by Gasteiger charge is 2.52. The maximum Gasteiger partial charge on any atom is 0.257 e. The summed E-state index contributed by atoms with van der Waals surface area (Å²) in [7, 11) is 0. The van der Waals surface area contributed by atoms with Crippen LogP contribution in [0, 0.1) is 11.6 Å². The molecule has 1 heterocycles. The summed E-state index contributed by atoms with van der Waals surface area (Å²) in [5, 5.41) is 4.24. The van der Waals surface area contributed by atoms with E-state index in [9.17, 15) is 8.78 Å². The molecular formula is C17H12ClF2N3O. The van der Waals surface area contributed by atoms with Crippen LogP contribution >= 0.6 is 11.6 Å². The average molecular weight is 348 g/mol. The Kier molecular flexibility index (Phi) is 3.31. The Bertz CT molecular complexity index is 897. The van der Waals surface area contributed by atoms with E-state index in [0.717, 1.165) is 0 Å². The van der Waals surface area contributed by atoms with Crippen LogP contribution in [0.4, 0.5) is 14.5 Å². The molecule has 1 saturated carbocycles. The molecule has 0 aliphatic heterocycles. The monoisotopic (exact) mass is 347 g/mol. The van der Waals surface area contributed by atoms with Crippen molar-refractivity contribution in [3.8, 4) is 11.5 Å². The number of nitrogen functional groups attached to an aromatic ring is 1. The van der Waals surface area contributed by atoms with E-state index in [1.54, 1.807) is 12.1 Å². The van der Waals surface area contributed by atoms with E-state index in [1.807, 2.05) is 0 Å². The molecular weight excluding hydrogens is 336 g/mol. The number of hydrogen-bond donors (Lipinski definition) is 1. The fourth-order valence-corrected chi connectivity index (χ4v) is 3.29. The van der Waals surface area contributed by atoms with Crippen molar-refractivity contribution in [3.63, 3.8) is 0 Å². The molecule has 2 aromatic carbocycles. The van der Waals surface area contributed by atoms with Gasteiger partial charge in [-0.3, -0.25) is 0 Å². The highest BCUT2D eigenvalue weighted by Crippen LogP contribution is 2.55. The molecule has 0 unspecified atom stereocenters. The Hall–Kier alpha value is -2.47. The van der Waals surface area contributed by atoms with E-state index >= 15 is 0 Å². The summed E-state index contributed by atoms with van der Waals surface area (Å²) in [5.41, 5.74) is 6.11. The van der Waals surface area contributed by atoms with Gasteiger partial charge in [0, 0.05) is 21.8 Å². The standard InChI is InChI=1S/C17H12ClF2N3O/c18-12-7-11(21)8-13(20)14(12)17(5-6-17)16-22-15(24-23-16)9-1-3-10(19)4-2-9/h1-4,7-8H,5-6,21H2. The molecule has 1 aliphatic carbocycles. The Morgan fingerprint density at radius 3 is 2.46 bits per heavy atom. The van der Waals surface area contributed by atoms with Crippen molar-refractivity contribution in [2.45, 2.75) is 18.3 Å². The lowest BCUT2D eigenvalue weighted by molar-refractivity contribution is 0.416. The summed E-state index contributed by atoms with van der Waals surface area (Å²) in [6, 6.07) is 8.46. The van der Waals surface area contributed by atoms with Gasteiger partial charge in [-0.05, 0) is 49.2 Å². The van der Waals surface area contributed by atoms with Crippen LogP contribution in [0.2, 0.25) is 5.02 Å². The number of anilines is 1. The van der Waals surface area contributed by atoms with E-state index in [4.69, 9.17) is 21.9 Å². The third-order valence-electron chi connectivity index (χ3n) is 4.24. The molecule has 0 atom stereocenters. The maximum absolute atomic E-state index is 14.4. The van der Waals surface area contributed by atoms with Gasteiger partial charge in [-0.15, -0.1) is 0 Å². The highest BCUT2D eigenvalue weighted by atomic mass is 35.5. The average Bonchev–Trinajstić information content (AvgIpc) is 3.15. The number of hydrogen-bond acceptors (Lipinski definition) is 4. The van der Waals surface area contributed by atoms with E-state index in [2.05, 4.69) is 10.1 Å². The molecule has 0 saturated heterocycles. The zero-order chi connectivity index (χ0) is 16.9. The zero-order valence-electron chi connectivity index (χ0n) is 12.4. The summed E-state index contributed by atoms with van der Waals surface area (Å²) < 4.78 is 32.7. The van der Waals surface area contributed by atoms with Crippen molar-refractivity contribution < 1.29 is 13.3 Å². The summed E-state index contributed by atoms with van der Waals surface area (Å²) >= 11 is 6.20. The van der Waals surface area contributed by atoms with Crippen LogP contribution in [0.1, 0.15) is 24.2 Å². The summed E-state index contributed by atoms with van der Waals surface area (Å²) in [6.07, 6.45) is 1.33. The van der Waals surface area contributed by atoms with Gasteiger partial charge in [-0.25, -0.2) is 8.78 Å². The quantitative estimate of drug-likeness (QED) is 0.716. The summed E-state index contributed by atoms with van der Waals surface area (Å²) in [4.78, 5) is 4.37. The smallest absolute Gasteiger partial charge is 0.257 e. The number of halogens is 3. The normalized spacial score (nSPS) is 15.5. The van der Waals surface area contributed by atoms with Gasteiger partial charge in [0.1, 0.15) is 11.6 Å². The van der Waals surface area contributed by atoms with E-state index in [0.29, 0.717) is 29.8 Å². The zero-order valence-corrected chi connectivity index (χ0v) is 13.1. The van der Waals surface area contributed by atoms with Gasteiger partial charge < -0.3 is 10.3 Å². The maximum atomic E-state index is 14.4. The lowest BCUT2D eigenvalue weighted by atomic mass is 9.94. The highest BCUT2D eigenvalue weighted by molar-refractivity contribution is 6.31. The second-order valence-electron chi connectivity index (χ2n) is 5.87. The molecule has 1 fully saturated rings. The fourth-order valence-electron chi connectivity index (χ4n) is 2.89. The van der Waals surface area contributed by atoms with E-state index < -0.39 is 11.2 Å². The minimum atomic E-state index is -0.698. The number of nitrogens with two attached hydrogens (primary N) is 1. The Morgan fingerprint density at radius 2 is 1.83 bits per heavy atom. The van der Waals surface area contributed by atoms with Gasteiger partial charge in [0.05, 0.1) is 5.41 Å². The van der Waals surface area contributed by atoms with Gasteiger partial charge in [0.15, 0.2) is 5.82 Å². The molecule has 0 bridgehead atoms. The van der Waals surface area contributed by atoms with Crippen LogP contribution in [-0.4, -0.2) is 10.1 Å². The van der Waals surface area contributed by atoms with Crippen molar-refractivity contribution in [1.29, 1.82) is 0 Å². The second kappa shape index (κ2) is 5.27. The Balaban J connectivity index is 1.76. The summed E-state index contributed by atoms with van der Waals surface area (Å²) in [5.74, 6) is -0.214. The Morgan fingerprint density at radius 1 is 1.12 bits per heavy atom. The molecule has 4 rings (SSSR count). The van der Waals surface area contributed by atoms with Gasteiger partial charge >= 0.3 is 0 Å². The van der Waals surface area contributed by atoms with Gasteiger partial charge in [0.25, 0.3) is 5.89 Å². The van der Waals surface area contributed by atoms with Crippen LogP contribution in [0.25, 0.3) is 11.5 Å². The molecule has 0 amide bonds. The fraction of sp³-hybridized carbons (Fsp3) is 0.176. The largest absolute Gasteiger partial charge is 0.399 e. The predicted molar refractivity (Wildman–Crippen MR) is 85.5 cm³/mol. The Labute approximate surface area is 141 Å². The van der Waals surface area contributed by atoms with Crippen molar-refractivity contribution in [1.82, 2.24) is 10.1 Å². The number of benzene rings is 2. The first-order chi connectivity index (χ1) is 11.5. The van der Waals surface area contributed by atoms with Crippen molar-refractivity contribution >= 4 is 17.3 Å². The number of nitrogens with zero attached hydrogens (tertiary/aromatic N) is 2. The molecule has 1 aromatic heterocycles. The lowest BCUT2D eigenvalue weighted by Crippen LogP contribution is -2.14. The molecule has 2 N–H and O–H groups in total. The summed E-state index contributed by atoms with van der Waals surface area (Å²) in [6.45, 7) is 0. The van der Waals surface area contributed by atoms with E-state index in [1.165, 1.54) is 24.3 Å². The van der Waals surface area contributed by atoms with Crippen molar-refractivity contribution in [3.05, 3.63) is 64.4 Å². The molecule has 1 aliphatic rings. The van der Waals surface area contributed by atoms with Crippen LogP contribution in [0.3, 0.4) is 0 Å². The molecule has 3 aromatic rings. The minimum Gasteiger partial charge on any atom is -0.399 e. The van der Waals surface area contributed by atoms with Gasteiger partial charge in [-0.2, -0.15) is 4.98 Å². The molecule has 0 spiro atoms. The first-order valence-corrected chi connectivity index (χ1v) is 7.72. The predicted octanol–water partition coefficient (Wildman–Crippen LogP) is 4.33.